The summed E-state index contributed by atoms with van der Waals surface area (Å²) in [6.07, 6.45) is 3.65. The Balaban J connectivity index is 1.63. The SMILES string of the molecule is Nc1nnc(C(=O)N2CCC(N3CCCC3)C2)s1. The number of anilines is 1. The van der Waals surface area contributed by atoms with Crippen molar-refractivity contribution >= 4 is 22.4 Å². The molecule has 3 rings (SSSR count). The first-order valence-corrected chi connectivity index (χ1v) is 7.18. The number of nitrogen functional groups attached to an aromatic ring is 1. The number of amides is 1. The Morgan fingerprint density at radius 3 is 2.72 bits per heavy atom. The highest BCUT2D eigenvalue weighted by Gasteiger charge is 2.32. The van der Waals surface area contributed by atoms with Gasteiger partial charge in [0.25, 0.3) is 5.91 Å². The zero-order valence-electron chi connectivity index (χ0n) is 10.2. The van der Waals surface area contributed by atoms with Crippen LogP contribution >= 0.6 is 11.3 Å². The van der Waals surface area contributed by atoms with Crippen LogP contribution in [0.5, 0.6) is 0 Å². The fourth-order valence-corrected chi connectivity index (χ4v) is 3.37. The highest BCUT2D eigenvalue weighted by Crippen LogP contribution is 2.22. The monoisotopic (exact) mass is 267 g/mol. The van der Waals surface area contributed by atoms with E-state index in [1.807, 2.05) is 4.90 Å². The molecule has 2 fully saturated rings. The summed E-state index contributed by atoms with van der Waals surface area (Å²) in [5.74, 6) is -0.0223. The molecule has 7 heteroatoms. The summed E-state index contributed by atoms with van der Waals surface area (Å²) >= 11 is 1.17. The Kier molecular flexibility index (Phi) is 3.17. The van der Waals surface area contributed by atoms with E-state index in [0.717, 1.165) is 19.5 Å². The Labute approximate surface area is 110 Å². The normalized spacial score (nSPS) is 24.9. The van der Waals surface area contributed by atoms with E-state index in [2.05, 4.69) is 15.1 Å². The van der Waals surface area contributed by atoms with Crippen molar-refractivity contribution in [2.75, 3.05) is 31.9 Å². The predicted molar refractivity (Wildman–Crippen MR) is 69.4 cm³/mol. The lowest BCUT2D eigenvalue weighted by Crippen LogP contribution is -2.37. The molecule has 1 atom stereocenters. The molecular weight excluding hydrogens is 250 g/mol. The second kappa shape index (κ2) is 4.81. The van der Waals surface area contributed by atoms with E-state index in [9.17, 15) is 4.79 Å². The van der Waals surface area contributed by atoms with Crippen LogP contribution in [0.15, 0.2) is 0 Å². The van der Waals surface area contributed by atoms with Crippen LogP contribution in [0.4, 0.5) is 5.13 Å². The maximum atomic E-state index is 12.2. The Hall–Kier alpha value is -1.21. The fraction of sp³-hybridized carbons (Fsp3) is 0.727. The van der Waals surface area contributed by atoms with Crippen LogP contribution in [0, 0.1) is 0 Å². The molecule has 0 aromatic carbocycles. The van der Waals surface area contributed by atoms with Crippen molar-refractivity contribution < 1.29 is 4.79 Å². The van der Waals surface area contributed by atoms with Crippen LogP contribution in [0.3, 0.4) is 0 Å². The van der Waals surface area contributed by atoms with E-state index in [-0.39, 0.29) is 5.91 Å². The fourth-order valence-electron chi connectivity index (χ4n) is 2.79. The van der Waals surface area contributed by atoms with Gasteiger partial charge in [-0.3, -0.25) is 9.69 Å². The molecule has 6 nitrogen and oxygen atoms in total. The molecule has 2 aliphatic rings. The van der Waals surface area contributed by atoms with Gasteiger partial charge in [-0.15, -0.1) is 10.2 Å². The minimum absolute atomic E-state index is 0.0223. The van der Waals surface area contributed by atoms with Crippen molar-refractivity contribution in [3.63, 3.8) is 0 Å². The quantitative estimate of drug-likeness (QED) is 0.841. The number of aromatic nitrogens is 2. The topological polar surface area (TPSA) is 75.3 Å². The summed E-state index contributed by atoms with van der Waals surface area (Å²) in [5.41, 5.74) is 5.51. The highest BCUT2D eigenvalue weighted by atomic mass is 32.1. The van der Waals surface area contributed by atoms with Crippen molar-refractivity contribution in [1.82, 2.24) is 20.0 Å². The summed E-state index contributed by atoms with van der Waals surface area (Å²) in [4.78, 5) is 16.6. The number of hydrogen-bond donors (Lipinski definition) is 1. The molecular formula is C11H17N5OS. The number of nitrogens with two attached hydrogens (primary N) is 1. The highest BCUT2D eigenvalue weighted by molar-refractivity contribution is 7.16. The first kappa shape index (κ1) is 11.9. The second-order valence-corrected chi connectivity index (χ2v) is 5.89. The van der Waals surface area contributed by atoms with Gasteiger partial charge in [-0.1, -0.05) is 11.3 Å². The van der Waals surface area contributed by atoms with E-state index in [1.54, 1.807) is 0 Å². The van der Waals surface area contributed by atoms with Crippen LogP contribution in [0.25, 0.3) is 0 Å². The molecule has 2 aliphatic heterocycles. The van der Waals surface area contributed by atoms with Crippen LogP contribution in [0.1, 0.15) is 29.1 Å². The van der Waals surface area contributed by atoms with Gasteiger partial charge in [0.05, 0.1) is 0 Å². The van der Waals surface area contributed by atoms with Gasteiger partial charge in [-0.25, -0.2) is 0 Å². The third-order valence-corrected chi connectivity index (χ3v) is 4.47. The van der Waals surface area contributed by atoms with Gasteiger partial charge in [0.2, 0.25) is 10.1 Å². The first-order valence-electron chi connectivity index (χ1n) is 6.36. The molecule has 2 N–H and O–H groups in total. The minimum Gasteiger partial charge on any atom is -0.374 e. The predicted octanol–water partition coefficient (Wildman–Crippen LogP) is 0.431. The largest absolute Gasteiger partial charge is 0.374 e. The lowest BCUT2D eigenvalue weighted by molar-refractivity contribution is 0.0779. The van der Waals surface area contributed by atoms with Gasteiger partial charge < -0.3 is 10.6 Å². The van der Waals surface area contributed by atoms with Crippen molar-refractivity contribution in [2.45, 2.75) is 25.3 Å². The summed E-state index contributed by atoms with van der Waals surface area (Å²) in [6, 6.07) is 0.529. The number of carbonyl (C=O) groups is 1. The van der Waals surface area contributed by atoms with Gasteiger partial charge in [-0.05, 0) is 32.4 Å². The zero-order chi connectivity index (χ0) is 12.5. The molecule has 0 spiro atoms. The van der Waals surface area contributed by atoms with E-state index in [1.165, 1.54) is 37.3 Å². The molecule has 0 bridgehead atoms. The van der Waals surface area contributed by atoms with Gasteiger partial charge in [0.1, 0.15) is 0 Å². The molecule has 1 amide bonds. The van der Waals surface area contributed by atoms with Gasteiger partial charge in [0, 0.05) is 19.1 Å². The van der Waals surface area contributed by atoms with E-state index < -0.39 is 0 Å². The number of likely N-dealkylation sites (tertiary alicyclic amines) is 2. The average Bonchev–Trinajstić information content (AvgIpc) is 3.09. The van der Waals surface area contributed by atoms with E-state index in [4.69, 9.17) is 5.73 Å². The smallest absolute Gasteiger partial charge is 0.284 e. The second-order valence-electron chi connectivity index (χ2n) is 4.88. The third kappa shape index (κ3) is 2.20. The number of carbonyl (C=O) groups excluding carboxylic acids is 1. The Morgan fingerprint density at radius 2 is 2.06 bits per heavy atom. The van der Waals surface area contributed by atoms with Crippen LogP contribution < -0.4 is 5.73 Å². The summed E-state index contributed by atoms with van der Waals surface area (Å²) < 4.78 is 0. The molecule has 1 aromatic heterocycles. The minimum atomic E-state index is -0.0223. The van der Waals surface area contributed by atoms with Gasteiger partial charge in [-0.2, -0.15) is 0 Å². The van der Waals surface area contributed by atoms with Crippen LogP contribution in [0.2, 0.25) is 0 Å². The Morgan fingerprint density at radius 1 is 1.28 bits per heavy atom. The first-order chi connectivity index (χ1) is 8.74. The van der Waals surface area contributed by atoms with Crippen LogP contribution in [-0.2, 0) is 0 Å². The van der Waals surface area contributed by atoms with Gasteiger partial charge in [0.15, 0.2) is 0 Å². The summed E-state index contributed by atoms with van der Waals surface area (Å²) in [5, 5.41) is 8.28. The summed E-state index contributed by atoms with van der Waals surface area (Å²) in [6.45, 7) is 3.99. The van der Waals surface area contributed by atoms with E-state index >= 15 is 0 Å². The molecule has 0 radical (unpaired) electrons. The molecule has 1 unspecified atom stereocenters. The van der Waals surface area contributed by atoms with Crippen molar-refractivity contribution in [1.29, 1.82) is 0 Å². The maximum Gasteiger partial charge on any atom is 0.284 e. The summed E-state index contributed by atoms with van der Waals surface area (Å²) in [7, 11) is 0. The third-order valence-electron chi connectivity index (χ3n) is 3.73. The maximum absolute atomic E-state index is 12.2. The lowest BCUT2D eigenvalue weighted by atomic mass is 10.2. The molecule has 18 heavy (non-hydrogen) atoms. The zero-order valence-corrected chi connectivity index (χ0v) is 11.0. The molecule has 2 saturated heterocycles. The molecule has 98 valence electrons. The van der Waals surface area contributed by atoms with Crippen LogP contribution in [-0.4, -0.2) is 58.1 Å². The molecule has 0 aliphatic carbocycles. The number of rotatable bonds is 2. The standard InChI is InChI=1S/C11H17N5OS/c12-11-14-13-9(18-11)10(17)16-6-3-8(7-16)15-4-1-2-5-15/h8H,1-7H2,(H2,12,14). The Bertz CT molecular complexity index is 442. The molecule has 1 aromatic rings. The molecule has 0 saturated carbocycles. The lowest BCUT2D eigenvalue weighted by Gasteiger charge is -2.23. The van der Waals surface area contributed by atoms with Crippen molar-refractivity contribution in [2.24, 2.45) is 0 Å². The molecule has 3 heterocycles. The van der Waals surface area contributed by atoms with Crippen molar-refractivity contribution in [3.8, 4) is 0 Å². The van der Waals surface area contributed by atoms with Crippen molar-refractivity contribution in [3.05, 3.63) is 5.01 Å². The van der Waals surface area contributed by atoms with E-state index in [0.29, 0.717) is 16.2 Å². The average molecular weight is 267 g/mol. The van der Waals surface area contributed by atoms with Gasteiger partial charge >= 0.3 is 0 Å². The number of hydrogen-bond acceptors (Lipinski definition) is 6. The number of nitrogens with zero attached hydrogens (tertiary/aromatic N) is 4.